The molecule has 1 aliphatic rings. The molecule has 1 aliphatic heterocycles. The SMILES string of the molecule is Cc1ccc(NC(=O)CC(=O)Nc2ccc3c(c2)OCO3)cc1C. The summed E-state index contributed by atoms with van der Waals surface area (Å²) in [4.78, 5) is 24.0. The maximum Gasteiger partial charge on any atom is 0.233 e. The highest BCUT2D eigenvalue weighted by atomic mass is 16.7. The third-order valence-electron chi connectivity index (χ3n) is 3.77. The third-order valence-corrected chi connectivity index (χ3v) is 3.77. The van der Waals surface area contributed by atoms with Gasteiger partial charge in [-0.05, 0) is 49.2 Å². The summed E-state index contributed by atoms with van der Waals surface area (Å²) in [5, 5.41) is 5.40. The van der Waals surface area contributed by atoms with E-state index in [1.165, 1.54) is 0 Å². The second-order valence-electron chi connectivity index (χ2n) is 5.64. The van der Waals surface area contributed by atoms with Crippen molar-refractivity contribution in [3.63, 3.8) is 0 Å². The van der Waals surface area contributed by atoms with E-state index in [9.17, 15) is 9.59 Å². The van der Waals surface area contributed by atoms with Crippen LogP contribution in [0.2, 0.25) is 0 Å². The minimum atomic E-state index is -0.393. The molecule has 0 unspecified atom stereocenters. The van der Waals surface area contributed by atoms with Crippen LogP contribution in [0.15, 0.2) is 36.4 Å². The van der Waals surface area contributed by atoms with Gasteiger partial charge in [-0.3, -0.25) is 9.59 Å². The number of fused-ring (bicyclic) bond motifs is 1. The summed E-state index contributed by atoms with van der Waals surface area (Å²) in [6.45, 7) is 4.14. The molecule has 0 aromatic heterocycles. The Morgan fingerprint density at radius 3 is 2.21 bits per heavy atom. The van der Waals surface area contributed by atoms with Crippen molar-refractivity contribution >= 4 is 23.2 Å². The number of amides is 2. The van der Waals surface area contributed by atoms with Crippen LogP contribution >= 0.6 is 0 Å². The van der Waals surface area contributed by atoms with Crippen molar-refractivity contribution in [1.29, 1.82) is 0 Å². The summed E-state index contributed by atoms with van der Waals surface area (Å²) in [5.41, 5.74) is 3.47. The van der Waals surface area contributed by atoms with Gasteiger partial charge < -0.3 is 20.1 Å². The van der Waals surface area contributed by atoms with E-state index in [1.807, 2.05) is 32.0 Å². The fourth-order valence-electron chi connectivity index (χ4n) is 2.35. The number of carbonyl (C=O) groups excluding carboxylic acids is 2. The lowest BCUT2D eigenvalue weighted by molar-refractivity contribution is -0.123. The summed E-state index contributed by atoms with van der Waals surface area (Å²) in [6.07, 6.45) is -0.263. The average Bonchev–Trinajstić information content (AvgIpc) is 2.98. The molecule has 2 aromatic rings. The highest BCUT2D eigenvalue weighted by Crippen LogP contribution is 2.34. The zero-order valence-electron chi connectivity index (χ0n) is 13.5. The van der Waals surface area contributed by atoms with E-state index < -0.39 is 5.91 Å². The molecule has 24 heavy (non-hydrogen) atoms. The predicted molar refractivity (Wildman–Crippen MR) is 90.4 cm³/mol. The van der Waals surface area contributed by atoms with Crippen molar-refractivity contribution in [3.05, 3.63) is 47.5 Å². The molecule has 2 amide bonds. The summed E-state index contributed by atoms with van der Waals surface area (Å²) in [5.74, 6) is 0.458. The van der Waals surface area contributed by atoms with Gasteiger partial charge in [0.15, 0.2) is 11.5 Å². The first-order chi connectivity index (χ1) is 11.5. The van der Waals surface area contributed by atoms with Gasteiger partial charge in [0, 0.05) is 17.4 Å². The standard InChI is InChI=1S/C18H18N2O4/c1-11-3-4-13(7-12(11)2)19-17(21)9-18(22)20-14-5-6-15-16(8-14)24-10-23-15/h3-8H,9-10H2,1-2H3,(H,19,21)(H,20,22). The van der Waals surface area contributed by atoms with E-state index in [4.69, 9.17) is 9.47 Å². The van der Waals surface area contributed by atoms with Crippen LogP contribution in [-0.4, -0.2) is 18.6 Å². The van der Waals surface area contributed by atoms with E-state index >= 15 is 0 Å². The van der Waals surface area contributed by atoms with Gasteiger partial charge in [-0.2, -0.15) is 0 Å². The topological polar surface area (TPSA) is 76.7 Å². The molecule has 3 rings (SSSR count). The fraction of sp³-hybridized carbons (Fsp3) is 0.222. The first-order valence-corrected chi connectivity index (χ1v) is 7.58. The average molecular weight is 326 g/mol. The zero-order chi connectivity index (χ0) is 17.1. The van der Waals surface area contributed by atoms with Gasteiger partial charge >= 0.3 is 0 Å². The van der Waals surface area contributed by atoms with E-state index in [2.05, 4.69) is 10.6 Å². The molecule has 0 fully saturated rings. The van der Waals surface area contributed by atoms with Crippen LogP contribution in [0.4, 0.5) is 11.4 Å². The van der Waals surface area contributed by atoms with Crippen LogP contribution in [0.1, 0.15) is 17.5 Å². The third kappa shape index (κ3) is 3.65. The number of benzene rings is 2. The highest BCUT2D eigenvalue weighted by molar-refractivity contribution is 6.08. The quantitative estimate of drug-likeness (QED) is 0.847. The lowest BCUT2D eigenvalue weighted by Gasteiger charge is -2.08. The fourth-order valence-corrected chi connectivity index (χ4v) is 2.35. The summed E-state index contributed by atoms with van der Waals surface area (Å²) < 4.78 is 10.5. The Morgan fingerprint density at radius 1 is 0.875 bits per heavy atom. The van der Waals surface area contributed by atoms with E-state index in [0.29, 0.717) is 22.9 Å². The molecule has 0 bridgehead atoms. The molecule has 1 heterocycles. The first-order valence-electron chi connectivity index (χ1n) is 7.58. The van der Waals surface area contributed by atoms with Crippen LogP contribution in [0.25, 0.3) is 0 Å². The molecule has 0 aliphatic carbocycles. The number of rotatable bonds is 4. The van der Waals surface area contributed by atoms with Gasteiger partial charge in [0.2, 0.25) is 18.6 Å². The van der Waals surface area contributed by atoms with E-state index in [0.717, 1.165) is 11.1 Å². The highest BCUT2D eigenvalue weighted by Gasteiger charge is 2.15. The van der Waals surface area contributed by atoms with Crippen LogP contribution < -0.4 is 20.1 Å². The van der Waals surface area contributed by atoms with Gasteiger partial charge in [0.05, 0.1) is 0 Å². The number of nitrogens with one attached hydrogen (secondary N) is 2. The van der Waals surface area contributed by atoms with Crippen molar-refractivity contribution in [2.75, 3.05) is 17.4 Å². The Bertz CT molecular complexity index is 802. The smallest absolute Gasteiger partial charge is 0.233 e. The number of hydrogen-bond acceptors (Lipinski definition) is 4. The molecule has 6 nitrogen and oxygen atoms in total. The van der Waals surface area contributed by atoms with E-state index in [1.54, 1.807) is 18.2 Å². The Labute approximate surface area is 139 Å². The van der Waals surface area contributed by atoms with Crippen LogP contribution in [-0.2, 0) is 9.59 Å². The summed E-state index contributed by atoms with van der Waals surface area (Å²) >= 11 is 0. The molecular weight excluding hydrogens is 308 g/mol. The molecule has 0 saturated heterocycles. The van der Waals surface area contributed by atoms with Gasteiger partial charge in [0.25, 0.3) is 0 Å². The van der Waals surface area contributed by atoms with Gasteiger partial charge in [-0.1, -0.05) is 6.07 Å². The first kappa shape index (κ1) is 15.9. The Morgan fingerprint density at radius 2 is 1.50 bits per heavy atom. The largest absolute Gasteiger partial charge is 0.454 e. The monoisotopic (exact) mass is 326 g/mol. The molecule has 0 saturated carbocycles. The second-order valence-corrected chi connectivity index (χ2v) is 5.64. The zero-order valence-corrected chi connectivity index (χ0v) is 13.5. The molecule has 2 N–H and O–H groups in total. The Hall–Kier alpha value is -3.02. The van der Waals surface area contributed by atoms with Crippen molar-refractivity contribution < 1.29 is 19.1 Å². The van der Waals surface area contributed by atoms with E-state index in [-0.39, 0.29) is 19.1 Å². The number of carbonyl (C=O) groups is 2. The molecule has 2 aromatic carbocycles. The van der Waals surface area contributed by atoms with Crippen molar-refractivity contribution in [1.82, 2.24) is 0 Å². The lowest BCUT2D eigenvalue weighted by atomic mass is 10.1. The predicted octanol–water partition coefficient (Wildman–Crippen LogP) is 3.00. The number of aryl methyl sites for hydroxylation is 2. The second kappa shape index (κ2) is 6.62. The summed E-state index contributed by atoms with van der Waals surface area (Å²) in [7, 11) is 0. The molecule has 0 radical (unpaired) electrons. The Balaban J connectivity index is 1.56. The van der Waals surface area contributed by atoms with Crippen molar-refractivity contribution in [3.8, 4) is 11.5 Å². The van der Waals surface area contributed by atoms with Gasteiger partial charge in [-0.15, -0.1) is 0 Å². The molecule has 0 spiro atoms. The lowest BCUT2D eigenvalue weighted by Crippen LogP contribution is -2.21. The molecular formula is C18H18N2O4. The minimum absolute atomic E-state index is 0.172. The van der Waals surface area contributed by atoms with Crippen LogP contribution in [0.5, 0.6) is 11.5 Å². The maximum absolute atomic E-state index is 12.0. The number of anilines is 2. The van der Waals surface area contributed by atoms with Crippen molar-refractivity contribution in [2.45, 2.75) is 20.3 Å². The normalized spacial score (nSPS) is 11.9. The molecule has 6 heteroatoms. The van der Waals surface area contributed by atoms with Crippen LogP contribution in [0.3, 0.4) is 0 Å². The number of hydrogen-bond donors (Lipinski definition) is 2. The molecule has 0 atom stereocenters. The molecule has 124 valence electrons. The Kier molecular flexibility index (Phi) is 4.37. The van der Waals surface area contributed by atoms with Crippen molar-refractivity contribution in [2.24, 2.45) is 0 Å². The van der Waals surface area contributed by atoms with Gasteiger partial charge in [0.1, 0.15) is 6.42 Å². The maximum atomic E-state index is 12.0. The number of ether oxygens (including phenoxy) is 2. The minimum Gasteiger partial charge on any atom is -0.454 e. The summed E-state index contributed by atoms with van der Waals surface area (Å²) in [6, 6.07) is 10.7. The van der Waals surface area contributed by atoms with Gasteiger partial charge in [-0.25, -0.2) is 0 Å². The van der Waals surface area contributed by atoms with Crippen LogP contribution in [0, 0.1) is 13.8 Å².